The standard InChI is InChI=1S/C36H45N11O2S/c1-20-23-18-39-43-35(23)48-16-8-15-46(20)33-25-19-40-47(21(2)26-10-7-14-45(26)4)34(25)42-32(41-33)29-22-9-5-12-36(30(22)49-44-29)13-6-11-27-28(36)24(17-38-3)31(37)50-27/h17-21,26H,5-16,37H2,1-4H3,(H,39,43)/t20-,21-,26-,36-/m0/s1. The monoisotopic (exact) mass is 695 g/mol. The molecule has 1 saturated heterocycles. The van der Waals surface area contributed by atoms with E-state index in [1.54, 1.807) is 11.3 Å². The van der Waals surface area contributed by atoms with Gasteiger partial charge in [-0.2, -0.15) is 10.2 Å². The van der Waals surface area contributed by atoms with Crippen molar-refractivity contribution in [2.24, 2.45) is 4.99 Å². The number of aromatic nitrogens is 7. The first kappa shape index (κ1) is 31.7. The van der Waals surface area contributed by atoms with Crippen molar-refractivity contribution >= 4 is 39.4 Å². The molecule has 2 aliphatic carbocycles. The SMILES string of the molecule is CN=Cc1c(N)sc2c1[C@@]1(CCC2)CCCc2c(-c3nc(N4CCCOc5[nH]ncc5[C@@H]4C)c4cnn([C@@H](C)[C@@H]5CCCN5C)c4n3)noc21. The summed E-state index contributed by atoms with van der Waals surface area (Å²) in [5.74, 6) is 3.09. The Hall–Kier alpha value is -4.30. The zero-order chi connectivity index (χ0) is 34.1. The van der Waals surface area contributed by atoms with Crippen LogP contribution in [0.3, 0.4) is 0 Å². The van der Waals surface area contributed by atoms with Crippen molar-refractivity contribution in [3.05, 3.63) is 45.3 Å². The molecule has 1 fully saturated rings. The molecule has 5 aromatic rings. The molecule has 50 heavy (non-hydrogen) atoms. The molecule has 2 aliphatic heterocycles. The maximum atomic E-state index is 6.62. The molecule has 14 heteroatoms. The number of aliphatic imine (C=N–C) groups is 1. The molecule has 0 aromatic carbocycles. The quantitative estimate of drug-likeness (QED) is 0.214. The van der Waals surface area contributed by atoms with Gasteiger partial charge in [0.05, 0.1) is 52.4 Å². The van der Waals surface area contributed by atoms with Crippen LogP contribution in [-0.2, 0) is 18.3 Å². The summed E-state index contributed by atoms with van der Waals surface area (Å²) < 4.78 is 14.6. The lowest BCUT2D eigenvalue weighted by Gasteiger charge is -2.39. The Morgan fingerprint density at radius 3 is 2.82 bits per heavy atom. The van der Waals surface area contributed by atoms with Crippen LogP contribution in [0.4, 0.5) is 10.8 Å². The molecular weight excluding hydrogens is 651 g/mol. The summed E-state index contributed by atoms with van der Waals surface area (Å²) in [7, 11) is 4.03. The normalized spacial score (nSPS) is 24.7. The Labute approximate surface area is 295 Å². The Morgan fingerprint density at radius 1 is 1.14 bits per heavy atom. The third-order valence-corrected chi connectivity index (χ3v) is 12.9. The van der Waals surface area contributed by atoms with E-state index in [0.29, 0.717) is 24.4 Å². The lowest BCUT2D eigenvalue weighted by atomic mass is 9.63. The van der Waals surface area contributed by atoms with Crippen molar-refractivity contribution in [1.82, 2.24) is 40.0 Å². The molecule has 0 radical (unpaired) electrons. The molecule has 4 aliphatic rings. The molecule has 0 bridgehead atoms. The van der Waals surface area contributed by atoms with Gasteiger partial charge in [-0.3, -0.25) is 4.99 Å². The van der Waals surface area contributed by atoms with Gasteiger partial charge >= 0.3 is 0 Å². The Kier molecular flexibility index (Phi) is 7.72. The summed E-state index contributed by atoms with van der Waals surface area (Å²) in [5, 5.41) is 19.0. The number of aromatic amines is 1. The van der Waals surface area contributed by atoms with E-state index >= 15 is 0 Å². The highest BCUT2D eigenvalue weighted by Crippen LogP contribution is 2.55. The zero-order valence-corrected chi connectivity index (χ0v) is 30.1. The van der Waals surface area contributed by atoms with Crippen LogP contribution >= 0.6 is 11.3 Å². The Bertz CT molecular complexity index is 2090. The molecular formula is C36H45N11O2S. The van der Waals surface area contributed by atoms with Gasteiger partial charge in [0.25, 0.3) is 0 Å². The lowest BCUT2D eigenvalue weighted by molar-refractivity contribution is 0.232. The second-order valence-electron chi connectivity index (χ2n) is 14.5. The number of H-pyrrole nitrogens is 1. The lowest BCUT2D eigenvalue weighted by Crippen LogP contribution is -2.35. The number of fused-ring (bicyclic) bond motifs is 6. The number of hydrogen-bond donors (Lipinski definition) is 2. The summed E-state index contributed by atoms with van der Waals surface area (Å²) in [6.45, 7) is 6.88. The fourth-order valence-electron chi connectivity index (χ4n) is 9.40. The zero-order valence-electron chi connectivity index (χ0n) is 29.3. The van der Waals surface area contributed by atoms with Crippen molar-refractivity contribution in [3.8, 4) is 17.4 Å². The Balaban J connectivity index is 1.22. The first-order chi connectivity index (χ1) is 24.4. The van der Waals surface area contributed by atoms with Gasteiger partial charge in [0.1, 0.15) is 5.82 Å². The summed E-state index contributed by atoms with van der Waals surface area (Å²) in [5.41, 5.74) is 12.3. The van der Waals surface area contributed by atoms with Crippen LogP contribution in [-0.4, -0.2) is 86.1 Å². The number of thiophene rings is 1. The number of anilines is 2. The number of ether oxygens (including phenoxy) is 1. The van der Waals surface area contributed by atoms with Crippen molar-refractivity contribution in [1.29, 1.82) is 0 Å². The molecule has 3 N–H and O–H groups in total. The van der Waals surface area contributed by atoms with Crippen molar-refractivity contribution < 1.29 is 9.26 Å². The fraction of sp³-hybridized carbons (Fsp3) is 0.556. The molecule has 5 aromatic heterocycles. The van der Waals surface area contributed by atoms with E-state index in [0.717, 1.165) is 114 Å². The molecule has 4 atom stereocenters. The number of nitrogens with one attached hydrogen (secondary N) is 1. The van der Waals surface area contributed by atoms with Crippen LogP contribution in [0.2, 0.25) is 0 Å². The maximum Gasteiger partial charge on any atom is 0.214 e. The molecule has 9 rings (SSSR count). The molecule has 13 nitrogen and oxygen atoms in total. The van der Waals surface area contributed by atoms with Gasteiger partial charge in [-0.05, 0) is 90.8 Å². The highest BCUT2D eigenvalue weighted by atomic mass is 32.1. The van der Waals surface area contributed by atoms with E-state index < -0.39 is 0 Å². The molecule has 0 amide bonds. The number of rotatable bonds is 5. The van der Waals surface area contributed by atoms with Crippen LogP contribution in [0.5, 0.6) is 5.88 Å². The summed E-state index contributed by atoms with van der Waals surface area (Å²) in [6.07, 6.45) is 14.9. The predicted octanol–water partition coefficient (Wildman–Crippen LogP) is 5.86. The number of nitrogens with zero attached hydrogens (tertiary/aromatic N) is 9. The van der Waals surface area contributed by atoms with Gasteiger partial charge in [-0.15, -0.1) is 11.3 Å². The van der Waals surface area contributed by atoms with Gasteiger partial charge in [-0.25, -0.2) is 19.7 Å². The number of likely N-dealkylation sites (N-methyl/N-ethyl adjacent to an activating group) is 1. The minimum absolute atomic E-state index is 0.0467. The van der Waals surface area contributed by atoms with Crippen molar-refractivity contribution in [2.75, 3.05) is 44.4 Å². The number of aryl methyl sites for hydroxylation is 1. The van der Waals surface area contributed by atoms with Gasteiger partial charge in [-0.1, -0.05) is 5.16 Å². The molecule has 7 heterocycles. The number of likely N-dealkylation sites (tertiary alicyclic amines) is 1. The van der Waals surface area contributed by atoms with E-state index in [1.807, 2.05) is 25.7 Å². The van der Waals surface area contributed by atoms with Crippen LogP contribution in [0.25, 0.3) is 22.6 Å². The van der Waals surface area contributed by atoms with Crippen LogP contribution in [0.1, 0.15) is 104 Å². The largest absolute Gasteiger partial charge is 0.478 e. The minimum atomic E-state index is -0.289. The maximum absolute atomic E-state index is 6.62. The van der Waals surface area contributed by atoms with E-state index in [4.69, 9.17) is 35.2 Å². The van der Waals surface area contributed by atoms with Gasteiger partial charge < -0.3 is 24.8 Å². The second-order valence-corrected chi connectivity index (χ2v) is 15.7. The average Bonchev–Trinajstić information content (AvgIpc) is 3.95. The van der Waals surface area contributed by atoms with Crippen molar-refractivity contribution in [2.45, 2.75) is 95.2 Å². The highest BCUT2D eigenvalue weighted by Gasteiger charge is 2.48. The predicted molar refractivity (Wildman–Crippen MR) is 195 cm³/mol. The van der Waals surface area contributed by atoms with Crippen LogP contribution < -0.4 is 15.4 Å². The molecule has 0 saturated carbocycles. The van der Waals surface area contributed by atoms with E-state index in [9.17, 15) is 0 Å². The number of nitrogens with two attached hydrogens (primary N) is 1. The Morgan fingerprint density at radius 2 is 2.00 bits per heavy atom. The summed E-state index contributed by atoms with van der Waals surface area (Å²) >= 11 is 1.70. The number of hydrogen-bond acceptors (Lipinski definition) is 12. The molecule has 1 spiro atoms. The number of nitrogen functional groups attached to an aromatic ring is 1. The van der Waals surface area contributed by atoms with Crippen LogP contribution in [0, 0.1) is 0 Å². The average molecular weight is 696 g/mol. The van der Waals surface area contributed by atoms with Crippen LogP contribution in [0.15, 0.2) is 21.9 Å². The van der Waals surface area contributed by atoms with Gasteiger partial charge in [0.15, 0.2) is 22.9 Å². The summed E-state index contributed by atoms with van der Waals surface area (Å²) in [4.78, 5) is 21.3. The fourth-order valence-corrected chi connectivity index (χ4v) is 10.6. The molecule has 0 unspecified atom stereocenters. The second kappa shape index (κ2) is 12.2. The minimum Gasteiger partial charge on any atom is -0.478 e. The van der Waals surface area contributed by atoms with Gasteiger partial charge in [0, 0.05) is 41.9 Å². The van der Waals surface area contributed by atoms with E-state index in [-0.39, 0.29) is 17.5 Å². The van der Waals surface area contributed by atoms with E-state index in [1.165, 1.54) is 16.9 Å². The highest BCUT2D eigenvalue weighted by molar-refractivity contribution is 7.16. The first-order valence-corrected chi connectivity index (χ1v) is 18.9. The molecule has 262 valence electrons. The first-order valence-electron chi connectivity index (χ1n) is 18.1. The van der Waals surface area contributed by atoms with Gasteiger partial charge in [0.2, 0.25) is 5.88 Å². The topological polar surface area (TPSA) is 152 Å². The summed E-state index contributed by atoms with van der Waals surface area (Å²) in [6, 6.07) is 0.465. The third kappa shape index (κ3) is 4.74. The smallest absolute Gasteiger partial charge is 0.214 e. The third-order valence-electron chi connectivity index (χ3n) is 11.8. The van der Waals surface area contributed by atoms with E-state index in [2.05, 4.69) is 50.6 Å². The van der Waals surface area contributed by atoms with Crippen molar-refractivity contribution in [3.63, 3.8) is 0 Å².